The van der Waals surface area contributed by atoms with Crippen LogP contribution < -0.4 is 10.0 Å². The van der Waals surface area contributed by atoms with Crippen molar-refractivity contribution in [2.75, 3.05) is 5.32 Å². The Morgan fingerprint density at radius 2 is 1.79 bits per heavy atom. The minimum Gasteiger partial charge on any atom is -0.322 e. The van der Waals surface area contributed by atoms with Crippen molar-refractivity contribution in [3.05, 3.63) is 58.9 Å². The maximum atomic E-state index is 13.7. The molecule has 0 fully saturated rings. The largest absolute Gasteiger partial charge is 0.322 e. The molecule has 0 aliphatic heterocycles. The molecule has 1 atom stereocenters. The number of aryl methyl sites for hydroxylation is 1. The molecular formula is C16H16ClFN2O3S. The summed E-state index contributed by atoms with van der Waals surface area (Å²) in [6.45, 7) is 3.09. The standard InChI is InChI=1S/C16H16ClFN2O3S/c1-10-3-8-15(14(18)9-10)19-16(21)11(2)20-24(22,23)13-6-4-12(17)5-7-13/h3-9,11,20H,1-2H3,(H,19,21)/t11-/m0/s1. The topological polar surface area (TPSA) is 75.3 Å². The van der Waals surface area contributed by atoms with Crippen LogP contribution in [-0.2, 0) is 14.8 Å². The fourth-order valence-electron chi connectivity index (χ4n) is 1.93. The molecule has 2 aromatic rings. The first-order valence-electron chi connectivity index (χ1n) is 7.04. The van der Waals surface area contributed by atoms with E-state index in [4.69, 9.17) is 11.6 Å². The maximum absolute atomic E-state index is 13.7. The van der Waals surface area contributed by atoms with Gasteiger partial charge in [-0.3, -0.25) is 4.79 Å². The smallest absolute Gasteiger partial charge is 0.242 e. The molecule has 2 aromatic carbocycles. The van der Waals surface area contributed by atoms with Gasteiger partial charge in [-0.05, 0) is 55.8 Å². The number of carbonyl (C=O) groups is 1. The summed E-state index contributed by atoms with van der Waals surface area (Å²) in [5, 5.41) is 2.76. The molecule has 0 spiro atoms. The van der Waals surface area contributed by atoms with E-state index < -0.39 is 27.8 Å². The third-order valence-corrected chi connectivity index (χ3v) is 5.04. The van der Waals surface area contributed by atoms with Crippen LogP contribution in [0.4, 0.5) is 10.1 Å². The highest BCUT2D eigenvalue weighted by atomic mass is 35.5. The van der Waals surface area contributed by atoms with Gasteiger partial charge in [0, 0.05) is 5.02 Å². The van der Waals surface area contributed by atoms with Crippen molar-refractivity contribution in [2.24, 2.45) is 0 Å². The Bertz CT molecular complexity index is 854. The van der Waals surface area contributed by atoms with E-state index in [9.17, 15) is 17.6 Å². The van der Waals surface area contributed by atoms with E-state index in [1.54, 1.807) is 13.0 Å². The summed E-state index contributed by atoms with van der Waals surface area (Å²) in [5.74, 6) is -1.26. The quantitative estimate of drug-likeness (QED) is 0.849. The third kappa shape index (κ3) is 4.53. The highest BCUT2D eigenvalue weighted by Gasteiger charge is 2.22. The molecule has 24 heavy (non-hydrogen) atoms. The van der Waals surface area contributed by atoms with Crippen molar-refractivity contribution in [3.8, 4) is 0 Å². The molecule has 0 heterocycles. The number of hydrogen-bond donors (Lipinski definition) is 2. The molecule has 0 radical (unpaired) electrons. The number of amides is 1. The molecule has 0 aliphatic rings. The molecule has 8 heteroatoms. The Morgan fingerprint density at radius 3 is 2.38 bits per heavy atom. The van der Waals surface area contributed by atoms with E-state index in [-0.39, 0.29) is 10.6 Å². The number of nitrogens with one attached hydrogen (secondary N) is 2. The number of anilines is 1. The number of rotatable bonds is 5. The van der Waals surface area contributed by atoms with Gasteiger partial charge in [0.2, 0.25) is 15.9 Å². The summed E-state index contributed by atoms with van der Waals surface area (Å²) in [4.78, 5) is 12.1. The van der Waals surface area contributed by atoms with E-state index in [2.05, 4.69) is 10.0 Å². The summed E-state index contributed by atoms with van der Waals surface area (Å²) in [6, 6.07) is 8.77. The molecule has 5 nitrogen and oxygen atoms in total. The second kappa shape index (κ2) is 7.29. The SMILES string of the molecule is Cc1ccc(NC(=O)[C@H](C)NS(=O)(=O)c2ccc(Cl)cc2)c(F)c1. The fraction of sp³-hybridized carbons (Fsp3) is 0.188. The van der Waals surface area contributed by atoms with E-state index >= 15 is 0 Å². The van der Waals surface area contributed by atoms with Crippen LogP contribution in [0.25, 0.3) is 0 Å². The molecule has 0 aromatic heterocycles. The van der Waals surface area contributed by atoms with Crippen molar-refractivity contribution >= 4 is 33.2 Å². The Morgan fingerprint density at radius 1 is 1.17 bits per heavy atom. The molecule has 128 valence electrons. The molecule has 1 amide bonds. The number of carbonyl (C=O) groups excluding carboxylic acids is 1. The molecule has 0 bridgehead atoms. The average molecular weight is 371 g/mol. The predicted octanol–water partition coefficient (Wildman–Crippen LogP) is 3.09. The third-order valence-electron chi connectivity index (χ3n) is 3.23. The van der Waals surface area contributed by atoms with Gasteiger partial charge in [-0.25, -0.2) is 12.8 Å². The molecule has 0 aliphatic carbocycles. The van der Waals surface area contributed by atoms with Gasteiger partial charge in [0.05, 0.1) is 16.6 Å². The molecule has 0 unspecified atom stereocenters. The summed E-state index contributed by atoms with van der Waals surface area (Å²) < 4.78 is 40.4. The van der Waals surface area contributed by atoms with Crippen molar-refractivity contribution in [3.63, 3.8) is 0 Å². The summed E-state index contributed by atoms with van der Waals surface area (Å²) >= 11 is 5.72. The van der Waals surface area contributed by atoms with Crippen molar-refractivity contribution < 1.29 is 17.6 Å². The molecule has 0 saturated heterocycles. The zero-order valence-electron chi connectivity index (χ0n) is 13.0. The van der Waals surface area contributed by atoms with Crippen LogP contribution in [0.2, 0.25) is 5.02 Å². The van der Waals surface area contributed by atoms with Crippen LogP contribution in [0.5, 0.6) is 0 Å². The van der Waals surface area contributed by atoms with Gasteiger partial charge in [-0.15, -0.1) is 0 Å². The van der Waals surface area contributed by atoms with Crippen LogP contribution in [0.3, 0.4) is 0 Å². The van der Waals surface area contributed by atoms with Gasteiger partial charge in [0.25, 0.3) is 0 Å². The summed E-state index contributed by atoms with van der Waals surface area (Å²) in [7, 11) is -3.89. The van der Waals surface area contributed by atoms with Crippen LogP contribution in [0, 0.1) is 12.7 Å². The number of hydrogen-bond acceptors (Lipinski definition) is 3. The Kier molecular flexibility index (Phi) is 5.58. The molecule has 0 saturated carbocycles. The first-order valence-corrected chi connectivity index (χ1v) is 8.90. The maximum Gasteiger partial charge on any atom is 0.242 e. The minimum atomic E-state index is -3.89. The lowest BCUT2D eigenvalue weighted by molar-refractivity contribution is -0.117. The number of halogens is 2. The normalized spacial score (nSPS) is 12.7. The van der Waals surface area contributed by atoms with Gasteiger partial charge in [-0.1, -0.05) is 17.7 Å². The zero-order chi connectivity index (χ0) is 17.9. The lowest BCUT2D eigenvalue weighted by Crippen LogP contribution is -2.41. The number of sulfonamides is 1. The highest BCUT2D eigenvalue weighted by Crippen LogP contribution is 2.17. The monoisotopic (exact) mass is 370 g/mol. The van der Waals surface area contributed by atoms with Gasteiger partial charge < -0.3 is 5.32 Å². The lowest BCUT2D eigenvalue weighted by Gasteiger charge is -2.15. The Balaban J connectivity index is 2.09. The second-order valence-electron chi connectivity index (χ2n) is 5.27. The Labute approximate surface area is 144 Å². The predicted molar refractivity (Wildman–Crippen MR) is 91.0 cm³/mol. The first kappa shape index (κ1) is 18.4. The van der Waals surface area contributed by atoms with Crippen molar-refractivity contribution in [2.45, 2.75) is 24.8 Å². The van der Waals surface area contributed by atoms with E-state index in [0.29, 0.717) is 10.6 Å². The lowest BCUT2D eigenvalue weighted by atomic mass is 10.2. The summed E-state index contributed by atoms with van der Waals surface area (Å²) in [5.41, 5.74) is 0.699. The van der Waals surface area contributed by atoms with Gasteiger partial charge >= 0.3 is 0 Å². The molecule has 2 rings (SSSR count). The molecular weight excluding hydrogens is 355 g/mol. The van der Waals surface area contributed by atoms with Gasteiger partial charge in [0.1, 0.15) is 5.82 Å². The number of benzene rings is 2. The average Bonchev–Trinajstić information content (AvgIpc) is 2.50. The van der Waals surface area contributed by atoms with Crippen LogP contribution in [0.1, 0.15) is 12.5 Å². The first-order chi connectivity index (χ1) is 11.2. The van der Waals surface area contributed by atoms with Crippen LogP contribution in [-0.4, -0.2) is 20.4 Å². The zero-order valence-corrected chi connectivity index (χ0v) is 14.6. The van der Waals surface area contributed by atoms with E-state index in [0.717, 1.165) is 0 Å². The van der Waals surface area contributed by atoms with Crippen molar-refractivity contribution in [1.29, 1.82) is 0 Å². The van der Waals surface area contributed by atoms with E-state index in [1.807, 2.05) is 0 Å². The van der Waals surface area contributed by atoms with Crippen molar-refractivity contribution in [1.82, 2.24) is 4.72 Å². The van der Waals surface area contributed by atoms with Gasteiger partial charge in [-0.2, -0.15) is 4.72 Å². The van der Waals surface area contributed by atoms with Crippen LogP contribution >= 0.6 is 11.6 Å². The second-order valence-corrected chi connectivity index (χ2v) is 7.42. The minimum absolute atomic E-state index is 0.0110. The summed E-state index contributed by atoms with van der Waals surface area (Å²) in [6.07, 6.45) is 0. The van der Waals surface area contributed by atoms with E-state index in [1.165, 1.54) is 43.3 Å². The highest BCUT2D eigenvalue weighted by molar-refractivity contribution is 7.89. The van der Waals surface area contributed by atoms with Gasteiger partial charge in [0.15, 0.2) is 0 Å². The Hall–Kier alpha value is -1.96. The van der Waals surface area contributed by atoms with Crippen LogP contribution in [0.15, 0.2) is 47.4 Å². The fourth-order valence-corrected chi connectivity index (χ4v) is 3.26. The molecule has 2 N–H and O–H groups in total.